The molecule has 0 saturated heterocycles. The van der Waals surface area contributed by atoms with Gasteiger partial charge in [-0.05, 0) is 48.4 Å². The fourth-order valence-electron chi connectivity index (χ4n) is 2.48. The second-order valence-electron chi connectivity index (χ2n) is 5.68. The molecule has 1 N–H and O–H groups in total. The van der Waals surface area contributed by atoms with Gasteiger partial charge < -0.3 is 9.88 Å². The van der Waals surface area contributed by atoms with E-state index < -0.39 is 0 Å². The van der Waals surface area contributed by atoms with E-state index in [0.717, 1.165) is 11.1 Å². The summed E-state index contributed by atoms with van der Waals surface area (Å²) < 4.78 is 14.5. The van der Waals surface area contributed by atoms with Crippen molar-refractivity contribution in [3.05, 3.63) is 93.9 Å². The molecule has 0 fully saturated rings. The quantitative estimate of drug-likeness (QED) is 0.796. The number of rotatable bonds is 4. The molecule has 1 amide bonds. The maximum Gasteiger partial charge on any atom is 0.274 e. The number of anilines is 1. The number of halogens is 1. The molecule has 3 aromatic rings. The summed E-state index contributed by atoms with van der Waals surface area (Å²) in [5.41, 5.74) is 1.91. The fraction of sp³-hybridized carbons (Fsp3) is 0.105. The highest BCUT2D eigenvalue weighted by molar-refractivity contribution is 6.04. The summed E-state index contributed by atoms with van der Waals surface area (Å²) in [4.78, 5) is 28.7. The van der Waals surface area contributed by atoms with Crippen molar-refractivity contribution in [2.24, 2.45) is 0 Å². The average molecular weight is 337 g/mol. The maximum atomic E-state index is 13.0. The third-order valence-corrected chi connectivity index (χ3v) is 3.68. The first-order chi connectivity index (χ1) is 12.0. The number of nitrogens with one attached hydrogen (secondary N) is 1. The van der Waals surface area contributed by atoms with Crippen LogP contribution in [0.5, 0.6) is 0 Å². The lowest BCUT2D eigenvalue weighted by Crippen LogP contribution is -2.26. The molecule has 0 aliphatic rings. The van der Waals surface area contributed by atoms with Crippen LogP contribution in [-0.2, 0) is 6.54 Å². The van der Waals surface area contributed by atoms with Crippen LogP contribution in [0.3, 0.4) is 0 Å². The van der Waals surface area contributed by atoms with Crippen LogP contribution in [0.4, 0.5) is 10.1 Å². The molecule has 5 nitrogen and oxygen atoms in total. The molecule has 0 spiro atoms. The number of carbonyl (C=O) groups is 1. The summed E-state index contributed by atoms with van der Waals surface area (Å²) in [6.07, 6.45) is 4.73. The van der Waals surface area contributed by atoms with Gasteiger partial charge in [0, 0.05) is 24.2 Å². The second-order valence-corrected chi connectivity index (χ2v) is 5.68. The molecule has 0 saturated carbocycles. The van der Waals surface area contributed by atoms with Crippen molar-refractivity contribution in [1.29, 1.82) is 0 Å². The Hall–Kier alpha value is -3.28. The van der Waals surface area contributed by atoms with Crippen LogP contribution >= 0.6 is 0 Å². The van der Waals surface area contributed by atoms with E-state index in [-0.39, 0.29) is 23.0 Å². The monoisotopic (exact) mass is 337 g/mol. The van der Waals surface area contributed by atoms with Crippen molar-refractivity contribution >= 4 is 11.6 Å². The molecule has 0 atom stereocenters. The summed E-state index contributed by atoms with van der Waals surface area (Å²) in [5, 5.41) is 2.64. The number of hydrogen-bond donors (Lipinski definition) is 1. The van der Waals surface area contributed by atoms with Crippen LogP contribution in [0, 0.1) is 12.7 Å². The molecule has 1 aromatic carbocycles. The first-order valence-corrected chi connectivity index (χ1v) is 7.70. The Balaban J connectivity index is 1.88. The zero-order chi connectivity index (χ0) is 17.8. The second kappa shape index (κ2) is 7.09. The highest BCUT2D eigenvalue weighted by Gasteiger charge is 2.11. The highest BCUT2D eigenvalue weighted by Crippen LogP contribution is 2.10. The smallest absolute Gasteiger partial charge is 0.274 e. The molecule has 0 aliphatic heterocycles. The van der Waals surface area contributed by atoms with Gasteiger partial charge in [0.1, 0.15) is 11.5 Å². The van der Waals surface area contributed by atoms with Crippen LogP contribution in [0.2, 0.25) is 0 Å². The van der Waals surface area contributed by atoms with Gasteiger partial charge in [0.25, 0.3) is 11.5 Å². The summed E-state index contributed by atoms with van der Waals surface area (Å²) >= 11 is 0. The van der Waals surface area contributed by atoms with Crippen molar-refractivity contribution in [3.63, 3.8) is 0 Å². The highest BCUT2D eigenvalue weighted by atomic mass is 19.1. The van der Waals surface area contributed by atoms with Gasteiger partial charge in [-0.1, -0.05) is 12.1 Å². The third-order valence-electron chi connectivity index (χ3n) is 3.68. The van der Waals surface area contributed by atoms with Crippen LogP contribution in [0.15, 0.2) is 65.8 Å². The third kappa shape index (κ3) is 3.98. The first kappa shape index (κ1) is 16.6. The maximum absolute atomic E-state index is 13.0. The Morgan fingerprint density at radius 3 is 2.52 bits per heavy atom. The largest absolute Gasteiger partial charge is 0.317 e. The standard InChI is InChI=1S/C19H16FN3O2/c1-13-10-17(22-18(24)15-6-8-21-9-7-15)19(25)23(11-13)12-14-2-4-16(20)5-3-14/h2-11H,12H2,1H3,(H,22,24). The van der Waals surface area contributed by atoms with E-state index in [9.17, 15) is 14.0 Å². The molecular weight excluding hydrogens is 321 g/mol. The minimum Gasteiger partial charge on any atom is -0.317 e. The number of aryl methyl sites for hydroxylation is 1. The Morgan fingerprint density at radius 1 is 1.16 bits per heavy atom. The van der Waals surface area contributed by atoms with E-state index in [1.54, 1.807) is 36.5 Å². The van der Waals surface area contributed by atoms with Gasteiger partial charge in [-0.2, -0.15) is 0 Å². The molecule has 126 valence electrons. The van der Waals surface area contributed by atoms with Gasteiger partial charge in [-0.15, -0.1) is 0 Å². The number of hydrogen-bond acceptors (Lipinski definition) is 3. The van der Waals surface area contributed by atoms with Gasteiger partial charge in [0.2, 0.25) is 0 Å². The van der Waals surface area contributed by atoms with Crippen LogP contribution in [0.1, 0.15) is 21.5 Å². The normalized spacial score (nSPS) is 10.5. The topological polar surface area (TPSA) is 64.0 Å². The minimum atomic E-state index is -0.376. The predicted molar refractivity (Wildman–Crippen MR) is 93.1 cm³/mol. The number of aromatic nitrogens is 2. The van der Waals surface area contributed by atoms with E-state index in [0.29, 0.717) is 12.1 Å². The lowest BCUT2D eigenvalue weighted by Gasteiger charge is -2.11. The molecule has 6 heteroatoms. The Morgan fingerprint density at radius 2 is 1.84 bits per heavy atom. The molecule has 0 radical (unpaired) electrons. The van der Waals surface area contributed by atoms with Crippen LogP contribution in [0.25, 0.3) is 0 Å². The number of benzene rings is 1. The van der Waals surface area contributed by atoms with Crippen molar-refractivity contribution < 1.29 is 9.18 Å². The van der Waals surface area contributed by atoms with Gasteiger partial charge in [0.05, 0.1) is 6.54 Å². The SMILES string of the molecule is Cc1cc(NC(=O)c2ccncc2)c(=O)n(Cc2ccc(F)cc2)c1. The Kier molecular flexibility index (Phi) is 4.70. The minimum absolute atomic E-state index is 0.198. The van der Waals surface area contributed by atoms with Gasteiger partial charge in [-0.25, -0.2) is 4.39 Å². The molecule has 0 bridgehead atoms. The summed E-state index contributed by atoms with van der Waals surface area (Å²) in [5.74, 6) is -0.705. The van der Waals surface area contributed by atoms with Crippen LogP contribution in [-0.4, -0.2) is 15.5 Å². The van der Waals surface area contributed by atoms with Crippen molar-refractivity contribution in [3.8, 4) is 0 Å². The van der Waals surface area contributed by atoms with Gasteiger partial charge in [0.15, 0.2) is 0 Å². The lowest BCUT2D eigenvalue weighted by atomic mass is 10.2. The van der Waals surface area contributed by atoms with Crippen LogP contribution < -0.4 is 10.9 Å². The van der Waals surface area contributed by atoms with Crippen molar-refractivity contribution in [2.45, 2.75) is 13.5 Å². The van der Waals surface area contributed by atoms with E-state index in [4.69, 9.17) is 0 Å². The molecule has 3 rings (SSSR count). The van der Waals surface area contributed by atoms with Crippen molar-refractivity contribution in [2.75, 3.05) is 5.32 Å². The number of pyridine rings is 2. The van der Waals surface area contributed by atoms with E-state index in [1.165, 1.54) is 29.1 Å². The fourth-order valence-corrected chi connectivity index (χ4v) is 2.48. The predicted octanol–water partition coefficient (Wildman–Crippen LogP) is 2.99. The first-order valence-electron chi connectivity index (χ1n) is 7.70. The number of amides is 1. The lowest BCUT2D eigenvalue weighted by molar-refractivity contribution is 0.102. The number of carbonyl (C=O) groups excluding carboxylic acids is 1. The zero-order valence-electron chi connectivity index (χ0n) is 13.6. The molecule has 0 aliphatic carbocycles. The Labute approximate surface area is 143 Å². The summed E-state index contributed by atoms with van der Waals surface area (Å²) in [6.45, 7) is 2.13. The summed E-state index contributed by atoms with van der Waals surface area (Å²) in [6, 6.07) is 10.7. The van der Waals surface area contributed by atoms with E-state index >= 15 is 0 Å². The molecule has 0 unspecified atom stereocenters. The molecule has 25 heavy (non-hydrogen) atoms. The number of nitrogens with zero attached hydrogens (tertiary/aromatic N) is 2. The molecule has 2 heterocycles. The molecule has 2 aromatic heterocycles. The Bertz CT molecular complexity index is 951. The van der Waals surface area contributed by atoms with Crippen molar-refractivity contribution in [1.82, 2.24) is 9.55 Å². The molecular formula is C19H16FN3O2. The van der Waals surface area contributed by atoms with E-state index in [1.807, 2.05) is 6.92 Å². The average Bonchev–Trinajstić information content (AvgIpc) is 2.61. The van der Waals surface area contributed by atoms with E-state index in [2.05, 4.69) is 10.3 Å². The summed E-state index contributed by atoms with van der Waals surface area (Å²) in [7, 11) is 0. The van der Waals surface area contributed by atoms with Gasteiger partial charge in [-0.3, -0.25) is 14.6 Å². The van der Waals surface area contributed by atoms with Gasteiger partial charge >= 0.3 is 0 Å². The zero-order valence-corrected chi connectivity index (χ0v) is 13.6.